The maximum atomic E-state index is 13.0. The maximum absolute atomic E-state index is 13.0. The van der Waals surface area contributed by atoms with E-state index in [1.807, 2.05) is 0 Å². The highest BCUT2D eigenvalue weighted by Crippen LogP contribution is 2.15. The number of hydrogen-bond donors (Lipinski definition) is 0. The highest BCUT2D eigenvalue weighted by Gasteiger charge is 2.19. The number of carbonyl (C=O) groups is 3. The molecule has 0 saturated carbocycles. The Morgan fingerprint density at radius 2 is 0.470 bits per heavy atom. The quantitative estimate of drug-likeness (QED) is 0.0261. The van der Waals surface area contributed by atoms with E-state index in [4.69, 9.17) is 14.2 Å². The zero-order chi connectivity index (χ0) is 59.9. The summed E-state index contributed by atoms with van der Waals surface area (Å²) in [7, 11) is 0. The van der Waals surface area contributed by atoms with E-state index < -0.39 is 6.10 Å². The van der Waals surface area contributed by atoms with Crippen molar-refractivity contribution < 1.29 is 28.6 Å². The molecular formula is C77H126O6. The number of allylic oxidation sites excluding steroid dienone is 24. The second kappa shape index (κ2) is 69.8. The molecule has 1 unspecified atom stereocenters. The topological polar surface area (TPSA) is 78.9 Å². The molecule has 0 radical (unpaired) electrons. The Labute approximate surface area is 512 Å². The van der Waals surface area contributed by atoms with Gasteiger partial charge in [0, 0.05) is 19.3 Å². The number of hydrogen-bond acceptors (Lipinski definition) is 6. The van der Waals surface area contributed by atoms with E-state index >= 15 is 0 Å². The fraction of sp³-hybridized carbons (Fsp3) is 0.649. The third kappa shape index (κ3) is 68.0. The van der Waals surface area contributed by atoms with E-state index in [1.165, 1.54) is 109 Å². The molecule has 0 rings (SSSR count). The van der Waals surface area contributed by atoms with Crippen LogP contribution in [-0.2, 0) is 28.6 Å². The highest BCUT2D eigenvalue weighted by atomic mass is 16.6. The molecule has 0 aliphatic rings. The summed E-state index contributed by atoms with van der Waals surface area (Å²) in [6, 6.07) is 0. The van der Waals surface area contributed by atoms with Crippen LogP contribution in [0.5, 0.6) is 0 Å². The Kier molecular flexibility index (Phi) is 65.8. The lowest BCUT2D eigenvalue weighted by Gasteiger charge is -2.18. The molecule has 0 aliphatic carbocycles. The van der Waals surface area contributed by atoms with Crippen LogP contribution >= 0.6 is 0 Å². The molecule has 0 fully saturated rings. The van der Waals surface area contributed by atoms with Gasteiger partial charge in [0.25, 0.3) is 0 Å². The minimum atomic E-state index is -0.802. The third-order valence-electron chi connectivity index (χ3n) is 14.3. The molecule has 0 heterocycles. The van der Waals surface area contributed by atoms with E-state index in [0.717, 1.165) is 154 Å². The van der Waals surface area contributed by atoms with Crippen molar-refractivity contribution in [2.75, 3.05) is 13.2 Å². The third-order valence-corrected chi connectivity index (χ3v) is 14.3. The SMILES string of the molecule is CC/C=C\C/C=C\C/C=C\C/C=C\C/C=C\C/C=C\CCCCCCCCC(=O)OCC(COC(=O)CCCCCCCC/C=C\C/C=C\C/C=C\C/C=C\CC)OC(=O)CCCCCCCCCCC/C=C\C/C=C\CCCCCCC. The summed E-state index contributed by atoms with van der Waals surface area (Å²) in [5, 5.41) is 0. The Bertz CT molecular complexity index is 1800. The molecule has 0 bridgehead atoms. The van der Waals surface area contributed by atoms with Crippen molar-refractivity contribution in [3.63, 3.8) is 0 Å². The number of unbranched alkanes of at least 4 members (excludes halogenated alkanes) is 26. The van der Waals surface area contributed by atoms with Crippen LogP contribution in [0, 0.1) is 0 Å². The fourth-order valence-corrected chi connectivity index (χ4v) is 9.23. The molecule has 0 saturated heterocycles. The van der Waals surface area contributed by atoms with Crippen molar-refractivity contribution in [2.24, 2.45) is 0 Å². The van der Waals surface area contributed by atoms with Crippen LogP contribution in [0.1, 0.15) is 303 Å². The lowest BCUT2D eigenvalue weighted by Crippen LogP contribution is -2.30. The molecular weight excluding hydrogens is 1020 g/mol. The summed E-state index contributed by atoms with van der Waals surface area (Å²) in [6.07, 6.45) is 99.9. The van der Waals surface area contributed by atoms with Gasteiger partial charge in [-0.25, -0.2) is 0 Å². The minimum Gasteiger partial charge on any atom is -0.462 e. The minimum absolute atomic E-state index is 0.0966. The van der Waals surface area contributed by atoms with Gasteiger partial charge in [0.05, 0.1) is 0 Å². The van der Waals surface area contributed by atoms with Crippen molar-refractivity contribution in [3.8, 4) is 0 Å². The van der Waals surface area contributed by atoms with Gasteiger partial charge in [0.1, 0.15) is 13.2 Å². The van der Waals surface area contributed by atoms with Gasteiger partial charge in [0.15, 0.2) is 6.10 Å². The Balaban J connectivity index is 4.47. The molecule has 0 aromatic rings. The van der Waals surface area contributed by atoms with Crippen molar-refractivity contribution in [2.45, 2.75) is 309 Å². The Hall–Kier alpha value is -4.71. The first kappa shape index (κ1) is 78.3. The summed E-state index contributed by atoms with van der Waals surface area (Å²) in [6.45, 7) is 6.39. The lowest BCUT2D eigenvalue weighted by atomic mass is 10.1. The predicted molar refractivity (Wildman–Crippen MR) is 362 cm³/mol. The van der Waals surface area contributed by atoms with Gasteiger partial charge in [0.2, 0.25) is 0 Å². The monoisotopic (exact) mass is 1150 g/mol. The maximum Gasteiger partial charge on any atom is 0.306 e. The largest absolute Gasteiger partial charge is 0.462 e. The van der Waals surface area contributed by atoms with Crippen molar-refractivity contribution in [1.82, 2.24) is 0 Å². The van der Waals surface area contributed by atoms with E-state index in [-0.39, 0.29) is 31.1 Å². The summed E-state index contributed by atoms with van der Waals surface area (Å²) < 4.78 is 17.0. The van der Waals surface area contributed by atoms with E-state index in [9.17, 15) is 14.4 Å². The molecule has 0 spiro atoms. The van der Waals surface area contributed by atoms with Crippen LogP contribution in [0.2, 0.25) is 0 Å². The van der Waals surface area contributed by atoms with Crippen LogP contribution in [-0.4, -0.2) is 37.2 Å². The second-order valence-electron chi connectivity index (χ2n) is 22.3. The van der Waals surface area contributed by atoms with Crippen LogP contribution in [0.3, 0.4) is 0 Å². The predicted octanol–water partition coefficient (Wildman–Crippen LogP) is 23.9. The number of carbonyl (C=O) groups excluding carboxylic acids is 3. The van der Waals surface area contributed by atoms with Crippen LogP contribution in [0.15, 0.2) is 146 Å². The second-order valence-corrected chi connectivity index (χ2v) is 22.3. The van der Waals surface area contributed by atoms with E-state index in [2.05, 4.69) is 167 Å². The van der Waals surface area contributed by atoms with Gasteiger partial charge in [-0.15, -0.1) is 0 Å². The van der Waals surface area contributed by atoms with E-state index in [1.54, 1.807) is 0 Å². The number of esters is 3. The van der Waals surface area contributed by atoms with Crippen molar-refractivity contribution in [3.05, 3.63) is 146 Å². The summed E-state index contributed by atoms with van der Waals surface area (Å²) in [5.41, 5.74) is 0. The van der Waals surface area contributed by atoms with Crippen LogP contribution in [0.25, 0.3) is 0 Å². The number of rotatable bonds is 61. The molecule has 470 valence electrons. The van der Waals surface area contributed by atoms with Gasteiger partial charge in [-0.05, 0) is 141 Å². The van der Waals surface area contributed by atoms with Crippen LogP contribution < -0.4 is 0 Å². The summed E-state index contributed by atoms with van der Waals surface area (Å²) in [5.74, 6) is -0.923. The smallest absolute Gasteiger partial charge is 0.306 e. The highest BCUT2D eigenvalue weighted by molar-refractivity contribution is 5.71. The molecule has 0 N–H and O–H groups in total. The Morgan fingerprint density at radius 3 is 0.735 bits per heavy atom. The summed E-state index contributed by atoms with van der Waals surface area (Å²) in [4.78, 5) is 38.5. The molecule has 1 atom stereocenters. The normalized spacial score (nSPS) is 13.0. The van der Waals surface area contributed by atoms with Gasteiger partial charge in [-0.1, -0.05) is 289 Å². The molecule has 0 aromatic heterocycles. The first-order valence-electron chi connectivity index (χ1n) is 34.3. The van der Waals surface area contributed by atoms with Crippen LogP contribution in [0.4, 0.5) is 0 Å². The molecule has 6 heteroatoms. The molecule has 6 nitrogen and oxygen atoms in total. The lowest BCUT2D eigenvalue weighted by molar-refractivity contribution is -0.167. The first-order valence-corrected chi connectivity index (χ1v) is 34.3. The van der Waals surface area contributed by atoms with Gasteiger partial charge >= 0.3 is 17.9 Å². The zero-order valence-corrected chi connectivity index (χ0v) is 53.9. The van der Waals surface area contributed by atoms with Crippen molar-refractivity contribution in [1.29, 1.82) is 0 Å². The molecule has 0 amide bonds. The van der Waals surface area contributed by atoms with Gasteiger partial charge < -0.3 is 14.2 Å². The number of ether oxygens (including phenoxy) is 3. The Morgan fingerprint density at radius 1 is 0.253 bits per heavy atom. The standard InChI is InChI=1S/C77H126O6/c1-4-7-10-13-16-19-22-25-28-31-34-36-37-38-39-41-43-46-49-52-55-58-61-64-67-70-76(79)82-73-74(72-81-75(78)69-66-63-60-57-54-51-48-45-42-33-30-27-24-21-18-15-12-9-6-3)83-77(80)71-68-65-62-59-56-53-50-47-44-40-35-32-29-26-23-20-17-14-11-8-5-2/h7,9-10,12,16,18-19,21,23,25-28,30,32,34-36,38-39,42-43,45-46,74H,4-6,8,11,13-15,17,20,22,24,29,31,33,37,40-41,44,47-73H2,1-3H3/b10-7-,12-9-,19-16-,21-18-,26-23-,28-25-,30-27-,35-32-,36-34-,39-38-,45-42-,46-43-. The van der Waals surface area contributed by atoms with E-state index in [0.29, 0.717) is 19.3 Å². The molecule has 83 heavy (non-hydrogen) atoms. The average Bonchev–Trinajstić information content (AvgIpc) is 3.50. The van der Waals surface area contributed by atoms with Gasteiger partial charge in [-0.3, -0.25) is 14.4 Å². The van der Waals surface area contributed by atoms with Gasteiger partial charge in [-0.2, -0.15) is 0 Å². The molecule has 0 aromatic carbocycles. The molecule has 0 aliphatic heterocycles. The summed E-state index contributed by atoms with van der Waals surface area (Å²) >= 11 is 0. The average molecular weight is 1150 g/mol. The first-order chi connectivity index (χ1) is 41.0. The van der Waals surface area contributed by atoms with Crippen molar-refractivity contribution >= 4 is 17.9 Å². The fourth-order valence-electron chi connectivity index (χ4n) is 9.23. The zero-order valence-electron chi connectivity index (χ0n) is 53.9.